The Balaban J connectivity index is 1.24. The minimum absolute atomic E-state index is 0.130. The molecule has 0 unspecified atom stereocenters. The number of likely N-dealkylation sites (tertiary alicyclic amines) is 1. The molecule has 1 fully saturated rings. The van der Waals surface area contributed by atoms with Crippen LogP contribution in [0.2, 0.25) is 0 Å². The van der Waals surface area contributed by atoms with Gasteiger partial charge in [-0.25, -0.2) is 18.4 Å². The van der Waals surface area contributed by atoms with Gasteiger partial charge >= 0.3 is 12.2 Å². The van der Waals surface area contributed by atoms with E-state index in [1.165, 1.54) is 24.3 Å². The minimum atomic E-state index is -2.58. The molecule has 0 N–H and O–H groups in total. The van der Waals surface area contributed by atoms with Crippen LogP contribution in [0.15, 0.2) is 78.9 Å². The quantitative estimate of drug-likeness (QED) is 0.428. The van der Waals surface area contributed by atoms with Crippen molar-refractivity contribution in [1.82, 2.24) is 4.90 Å². The minimum Gasteiger partial charge on any atom is -0.445 e. The molecule has 0 radical (unpaired) electrons. The van der Waals surface area contributed by atoms with Crippen LogP contribution in [0.1, 0.15) is 36.0 Å². The molecule has 0 aromatic heterocycles. The highest BCUT2D eigenvalue weighted by atomic mass is 19.3. The lowest BCUT2D eigenvalue weighted by atomic mass is 9.74. The molecule has 0 saturated carbocycles. The number of hydrogen-bond donors (Lipinski definition) is 0. The number of ether oxygens (including phenoxy) is 2. The van der Waals surface area contributed by atoms with Crippen molar-refractivity contribution in [2.45, 2.75) is 31.3 Å². The van der Waals surface area contributed by atoms with E-state index in [1.807, 2.05) is 54.6 Å². The van der Waals surface area contributed by atoms with Crippen LogP contribution >= 0.6 is 0 Å². The Morgan fingerprint density at radius 3 is 2.22 bits per heavy atom. The Morgan fingerprint density at radius 1 is 0.861 bits per heavy atom. The van der Waals surface area contributed by atoms with Crippen LogP contribution in [0.5, 0.6) is 5.75 Å². The molecule has 5 rings (SSSR count). The average Bonchev–Trinajstić information content (AvgIpc) is 3.23. The molecule has 1 spiro atoms. The highest BCUT2D eigenvalue weighted by Gasteiger charge is 2.47. The fourth-order valence-corrected chi connectivity index (χ4v) is 4.99. The van der Waals surface area contributed by atoms with E-state index >= 15 is 0 Å². The molecule has 8 heteroatoms. The van der Waals surface area contributed by atoms with Crippen LogP contribution < -0.4 is 9.64 Å². The lowest BCUT2D eigenvalue weighted by Gasteiger charge is -2.39. The van der Waals surface area contributed by atoms with Gasteiger partial charge in [-0.3, -0.25) is 4.90 Å². The Labute approximate surface area is 208 Å². The molecule has 2 amide bonds. The van der Waals surface area contributed by atoms with Gasteiger partial charge in [0, 0.05) is 30.6 Å². The maximum absolute atomic E-state index is 13.1. The van der Waals surface area contributed by atoms with Crippen molar-refractivity contribution < 1.29 is 27.8 Å². The number of carbonyl (C=O) groups is 2. The highest BCUT2D eigenvalue weighted by molar-refractivity contribution is 5.92. The molecule has 6 nitrogen and oxygen atoms in total. The average molecular weight is 493 g/mol. The highest BCUT2D eigenvalue weighted by Crippen LogP contribution is 2.47. The fraction of sp³-hybridized carbons (Fsp3) is 0.286. The first-order valence-electron chi connectivity index (χ1n) is 11.9. The predicted octanol–water partition coefficient (Wildman–Crippen LogP) is 6.31. The number of carbonyl (C=O) groups excluding carboxylic acids is 2. The summed E-state index contributed by atoms with van der Waals surface area (Å²) in [6.07, 6.45) is -2.13. The van der Waals surface area contributed by atoms with Gasteiger partial charge in [-0.1, -0.05) is 48.5 Å². The van der Waals surface area contributed by atoms with E-state index in [1.54, 1.807) is 9.80 Å². The number of rotatable bonds is 4. The first kappa shape index (κ1) is 23.8. The number of nitrogens with zero attached hydrogens (tertiary/aromatic N) is 2. The summed E-state index contributed by atoms with van der Waals surface area (Å²) in [5, 5.41) is 0. The first-order chi connectivity index (χ1) is 17.4. The Hall–Kier alpha value is -3.94. The summed E-state index contributed by atoms with van der Waals surface area (Å²) in [6, 6.07) is 22.5. The number of fused-ring (bicyclic) bond motifs is 2. The van der Waals surface area contributed by atoms with Crippen LogP contribution in [-0.4, -0.2) is 36.7 Å². The van der Waals surface area contributed by atoms with E-state index in [0.29, 0.717) is 32.5 Å². The third kappa shape index (κ3) is 4.76. The van der Waals surface area contributed by atoms with E-state index in [2.05, 4.69) is 0 Å². The number of hydrogen-bond acceptors (Lipinski definition) is 4. The van der Waals surface area contributed by atoms with E-state index in [-0.39, 0.29) is 29.4 Å². The summed E-state index contributed by atoms with van der Waals surface area (Å²) in [6.45, 7) is 1.68. The Morgan fingerprint density at radius 2 is 1.53 bits per heavy atom. The number of amides is 2. The summed E-state index contributed by atoms with van der Waals surface area (Å²) in [4.78, 5) is 29.0. The summed E-state index contributed by atoms with van der Waals surface area (Å²) in [5.41, 5.74) is 2.32. The molecule has 0 atom stereocenters. The number of benzene rings is 3. The van der Waals surface area contributed by atoms with Crippen LogP contribution in [-0.2, 0) is 16.8 Å². The maximum Gasteiger partial charge on any atom is 0.419 e. The van der Waals surface area contributed by atoms with E-state index < -0.39 is 12.5 Å². The van der Waals surface area contributed by atoms with Gasteiger partial charge < -0.3 is 14.4 Å². The Kier molecular flexibility index (Phi) is 6.59. The van der Waals surface area contributed by atoms with E-state index in [0.717, 1.165) is 16.8 Å². The summed E-state index contributed by atoms with van der Waals surface area (Å²) >= 11 is 0. The molecule has 3 aromatic rings. The van der Waals surface area contributed by atoms with Crippen molar-refractivity contribution in [3.8, 4) is 5.75 Å². The topological polar surface area (TPSA) is 59.1 Å². The fourth-order valence-electron chi connectivity index (χ4n) is 4.99. The van der Waals surface area contributed by atoms with E-state index in [9.17, 15) is 18.4 Å². The zero-order valence-electron chi connectivity index (χ0n) is 19.6. The summed E-state index contributed by atoms with van der Waals surface area (Å²) < 4.78 is 36.7. The molecule has 0 aliphatic carbocycles. The largest absolute Gasteiger partial charge is 0.445 e. The van der Waals surface area contributed by atoms with Crippen molar-refractivity contribution in [3.63, 3.8) is 0 Å². The van der Waals surface area contributed by atoms with Gasteiger partial charge in [0.05, 0.1) is 5.69 Å². The maximum atomic E-state index is 13.1. The van der Waals surface area contributed by atoms with Crippen LogP contribution in [0, 0.1) is 0 Å². The SMILES string of the molecule is O=C(OCc1ccccc1)N1CCC2(CC1)CN(C(=O)Oc1ccc(C(F)F)cc1)c1ccccc12. The molecular weight excluding hydrogens is 466 g/mol. The first-order valence-corrected chi connectivity index (χ1v) is 11.9. The van der Waals surface area contributed by atoms with Gasteiger partial charge in [-0.2, -0.15) is 0 Å². The lowest BCUT2D eigenvalue weighted by Crippen LogP contribution is -2.48. The molecule has 2 heterocycles. The molecule has 186 valence electrons. The molecule has 36 heavy (non-hydrogen) atoms. The Bertz CT molecular complexity index is 1230. The third-order valence-electron chi connectivity index (χ3n) is 6.97. The van der Waals surface area contributed by atoms with Crippen molar-refractivity contribution in [3.05, 3.63) is 95.6 Å². The number of para-hydroxylation sites is 1. The zero-order valence-corrected chi connectivity index (χ0v) is 19.6. The van der Waals surface area contributed by atoms with Crippen molar-refractivity contribution in [2.75, 3.05) is 24.5 Å². The lowest BCUT2D eigenvalue weighted by molar-refractivity contribution is 0.0788. The second kappa shape index (κ2) is 9.97. The monoisotopic (exact) mass is 492 g/mol. The summed E-state index contributed by atoms with van der Waals surface area (Å²) in [5.74, 6) is 0.207. The smallest absolute Gasteiger partial charge is 0.419 e. The molecule has 0 bridgehead atoms. The standard InChI is InChI=1S/C28H26F2N2O4/c29-25(30)21-10-12-22(13-11-21)36-27(34)32-19-28(23-8-4-5-9-24(23)32)14-16-31(17-15-28)26(33)35-18-20-6-2-1-3-7-20/h1-13,25H,14-19H2. The van der Waals surface area contributed by atoms with Gasteiger partial charge in [-0.15, -0.1) is 0 Å². The number of anilines is 1. The van der Waals surface area contributed by atoms with Crippen LogP contribution in [0.3, 0.4) is 0 Å². The number of piperidine rings is 1. The number of halogens is 2. The second-order valence-electron chi connectivity index (χ2n) is 9.15. The van der Waals surface area contributed by atoms with Crippen molar-refractivity contribution in [2.24, 2.45) is 0 Å². The van der Waals surface area contributed by atoms with Crippen LogP contribution in [0.25, 0.3) is 0 Å². The van der Waals surface area contributed by atoms with Crippen molar-refractivity contribution in [1.29, 1.82) is 0 Å². The van der Waals surface area contributed by atoms with E-state index in [4.69, 9.17) is 9.47 Å². The molecule has 1 saturated heterocycles. The van der Waals surface area contributed by atoms with Crippen LogP contribution in [0.4, 0.5) is 24.1 Å². The second-order valence-corrected chi connectivity index (χ2v) is 9.15. The van der Waals surface area contributed by atoms with Gasteiger partial charge in [0.1, 0.15) is 12.4 Å². The van der Waals surface area contributed by atoms with Gasteiger partial charge in [0.15, 0.2) is 0 Å². The molecule has 2 aliphatic heterocycles. The predicted molar refractivity (Wildman–Crippen MR) is 130 cm³/mol. The zero-order chi connectivity index (χ0) is 25.1. The van der Waals surface area contributed by atoms with Gasteiger partial charge in [0.25, 0.3) is 6.43 Å². The summed E-state index contributed by atoms with van der Waals surface area (Å²) in [7, 11) is 0. The molecule has 3 aromatic carbocycles. The third-order valence-corrected chi connectivity index (χ3v) is 6.97. The van der Waals surface area contributed by atoms with Gasteiger partial charge in [-0.05, 0) is 54.3 Å². The molecular formula is C28H26F2N2O4. The number of alkyl halides is 2. The van der Waals surface area contributed by atoms with Gasteiger partial charge in [0.2, 0.25) is 0 Å². The normalized spacial score (nSPS) is 16.2. The molecule has 2 aliphatic rings. The van der Waals surface area contributed by atoms with Crippen molar-refractivity contribution >= 4 is 17.9 Å².